The fraction of sp³-hybridized carbons (Fsp3) is 0.316. The lowest BCUT2D eigenvalue weighted by atomic mass is 10.2. The Hall–Kier alpha value is -3.23. The molecule has 1 heterocycles. The first-order valence-corrected chi connectivity index (χ1v) is 8.60. The van der Waals surface area contributed by atoms with Gasteiger partial charge in [-0.1, -0.05) is 12.1 Å². The number of ether oxygens (including phenoxy) is 2. The van der Waals surface area contributed by atoms with Gasteiger partial charge in [-0.3, -0.25) is 9.48 Å². The van der Waals surface area contributed by atoms with Crippen LogP contribution >= 0.6 is 0 Å². The van der Waals surface area contributed by atoms with Gasteiger partial charge < -0.3 is 14.8 Å². The first-order valence-electron chi connectivity index (χ1n) is 8.60. The third kappa shape index (κ3) is 6.19. The molecule has 28 heavy (non-hydrogen) atoms. The van der Waals surface area contributed by atoms with Crippen LogP contribution in [0.2, 0.25) is 0 Å². The lowest BCUT2D eigenvalue weighted by Crippen LogP contribution is -2.16. The van der Waals surface area contributed by atoms with Crippen LogP contribution in [0.4, 0.5) is 14.5 Å². The zero-order valence-electron chi connectivity index (χ0n) is 15.7. The number of hydrogen-bond donors (Lipinski definition) is 1. The maximum absolute atomic E-state index is 12.2. The van der Waals surface area contributed by atoms with E-state index < -0.39 is 18.5 Å². The van der Waals surface area contributed by atoms with Gasteiger partial charge in [0, 0.05) is 18.8 Å². The van der Waals surface area contributed by atoms with E-state index in [4.69, 9.17) is 4.74 Å². The standard InChI is InChI=1S/C19H21F2N3O4/c1-4-24-11-15(17(23-24)18(26)27-12(2)3)22-16(25)10-7-13-5-8-14(9-6-13)28-19(20)21/h5-12,19H,4H2,1-3H3,(H,22,25)/b10-7-. The number of aryl methyl sites for hydroxylation is 1. The second kappa shape index (κ2) is 9.63. The van der Waals surface area contributed by atoms with Crippen LogP contribution in [0.1, 0.15) is 36.8 Å². The summed E-state index contributed by atoms with van der Waals surface area (Å²) in [6, 6.07) is 5.80. The van der Waals surface area contributed by atoms with Gasteiger partial charge in [0.1, 0.15) is 5.75 Å². The first kappa shape index (κ1) is 21.1. The number of rotatable bonds is 8. The topological polar surface area (TPSA) is 82.5 Å². The summed E-state index contributed by atoms with van der Waals surface area (Å²) in [5.41, 5.74) is 0.870. The highest BCUT2D eigenvalue weighted by molar-refractivity contribution is 6.05. The van der Waals surface area contributed by atoms with E-state index in [9.17, 15) is 18.4 Å². The number of carbonyl (C=O) groups is 2. The van der Waals surface area contributed by atoms with Crippen molar-refractivity contribution >= 4 is 23.6 Å². The smallest absolute Gasteiger partial charge is 0.387 e. The lowest BCUT2D eigenvalue weighted by molar-refractivity contribution is -0.111. The van der Waals surface area contributed by atoms with Gasteiger partial charge in [-0.05, 0) is 44.5 Å². The Morgan fingerprint density at radius 2 is 1.93 bits per heavy atom. The number of benzene rings is 1. The summed E-state index contributed by atoms with van der Waals surface area (Å²) < 4.78 is 35.2. The maximum atomic E-state index is 12.2. The number of nitrogens with zero attached hydrogens (tertiary/aromatic N) is 2. The Kier molecular flexibility index (Phi) is 7.25. The predicted molar refractivity (Wildman–Crippen MR) is 99.2 cm³/mol. The number of amides is 1. The molecular formula is C19H21F2N3O4. The number of halogens is 2. The Labute approximate surface area is 160 Å². The summed E-state index contributed by atoms with van der Waals surface area (Å²) >= 11 is 0. The average molecular weight is 393 g/mol. The van der Waals surface area contributed by atoms with E-state index in [1.54, 1.807) is 20.0 Å². The van der Waals surface area contributed by atoms with E-state index in [0.717, 1.165) is 0 Å². The Morgan fingerprint density at radius 3 is 2.50 bits per heavy atom. The molecule has 0 fully saturated rings. The van der Waals surface area contributed by atoms with Crippen molar-refractivity contribution in [3.63, 3.8) is 0 Å². The van der Waals surface area contributed by atoms with Crippen LogP contribution in [0.5, 0.6) is 5.75 Å². The van der Waals surface area contributed by atoms with Crippen molar-refractivity contribution in [1.82, 2.24) is 9.78 Å². The molecule has 0 atom stereocenters. The molecule has 150 valence electrons. The van der Waals surface area contributed by atoms with Crippen molar-refractivity contribution in [3.05, 3.63) is 47.8 Å². The molecule has 0 spiro atoms. The first-order chi connectivity index (χ1) is 13.3. The minimum Gasteiger partial charge on any atom is -0.458 e. The van der Waals surface area contributed by atoms with Gasteiger partial charge in [0.15, 0.2) is 5.69 Å². The van der Waals surface area contributed by atoms with Crippen molar-refractivity contribution in [1.29, 1.82) is 0 Å². The molecule has 0 saturated heterocycles. The van der Waals surface area contributed by atoms with Crippen LogP contribution in [0.15, 0.2) is 36.5 Å². The van der Waals surface area contributed by atoms with Crippen molar-refractivity contribution in [2.45, 2.75) is 40.0 Å². The molecule has 0 aliphatic rings. The molecule has 2 rings (SSSR count). The highest BCUT2D eigenvalue weighted by atomic mass is 19.3. The van der Waals surface area contributed by atoms with Gasteiger partial charge in [0.25, 0.3) is 0 Å². The number of anilines is 1. The summed E-state index contributed by atoms with van der Waals surface area (Å²) in [5.74, 6) is -1.09. The molecule has 0 radical (unpaired) electrons. The Bertz CT molecular complexity index is 845. The SMILES string of the molecule is CCn1cc(NC(=O)/C=C\c2ccc(OC(F)F)cc2)c(C(=O)OC(C)C)n1. The molecule has 0 aliphatic carbocycles. The lowest BCUT2D eigenvalue weighted by Gasteiger charge is -2.07. The summed E-state index contributed by atoms with van der Waals surface area (Å²) in [7, 11) is 0. The predicted octanol–water partition coefficient (Wildman–Crippen LogP) is 3.72. The summed E-state index contributed by atoms with van der Waals surface area (Å²) in [6.07, 6.45) is 3.97. The number of aromatic nitrogens is 2. The molecule has 7 nitrogen and oxygen atoms in total. The van der Waals surface area contributed by atoms with Crippen molar-refractivity contribution in [2.75, 3.05) is 5.32 Å². The highest BCUT2D eigenvalue weighted by Crippen LogP contribution is 2.17. The monoisotopic (exact) mass is 393 g/mol. The summed E-state index contributed by atoms with van der Waals surface area (Å²) in [4.78, 5) is 24.3. The van der Waals surface area contributed by atoms with Gasteiger partial charge in [0.2, 0.25) is 5.91 Å². The third-order valence-corrected chi connectivity index (χ3v) is 3.41. The normalized spacial score (nSPS) is 11.2. The van der Waals surface area contributed by atoms with E-state index in [-0.39, 0.29) is 23.2 Å². The third-order valence-electron chi connectivity index (χ3n) is 3.41. The van der Waals surface area contributed by atoms with Crippen molar-refractivity contribution in [3.8, 4) is 5.75 Å². The van der Waals surface area contributed by atoms with Gasteiger partial charge >= 0.3 is 12.6 Å². The molecule has 0 unspecified atom stereocenters. The Balaban J connectivity index is 2.07. The number of carbonyl (C=O) groups excluding carboxylic acids is 2. The molecule has 9 heteroatoms. The molecule has 0 bridgehead atoms. The van der Waals surface area contributed by atoms with Crippen LogP contribution in [-0.2, 0) is 16.1 Å². The zero-order valence-corrected chi connectivity index (χ0v) is 15.7. The molecule has 2 aromatic rings. The number of alkyl halides is 2. The second-order valence-electron chi connectivity index (χ2n) is 5.97. The van der Waals surface area contributed by atoms with E-state index in [1.807, 2.05) is 6.92 Å². The minimum absolute atomic E-state index is 0.0193. The second-order valence-corrected chi connectivity index (χ2v) is 5.97. The molecule has 1 aromatic carbocycles. The van der Waals surface area contributed by atoms with Gasteiger partial charge in [-0.25, -0.2) is 4.79 Å². The fourth-order valence-electron chi connectivity index (χ4n) is 2.20. The molecule has 1 aromatic heterocycles. The van der Waals surface area contributed by atoms with Crippen LogP contribution in [0, 0.1) is 0 Å². The van der Waals surface area contributed by atoms with E-state index in [2.05, 4.69) is 15.2 Å². The summed E-state index contributed by atoms with van der Waals surface area (Å²) in [5, 5.41) is 6.71. The van der Waals surface area contributed by atoms with E-state index >= 15 is 0 Å². The Morgan fingerprint density at radius 1 is 1.25 bits per heavy atom. The van der Waals surface area contributed by atoms with Crippen LogP contribution in [0.25, 0.3) is 6.08 Å². The molecule has 0 saturated carbocycles. The highest BCUT2D eigenvalue weighted by Gasteiger charge is 2.20. The summed E-state index contributed by atoms with van der Waals surface area (Å²) in [6.45, 7) is 2.89. The molecule has 0 aliphatic heterocycles. The fourth-order valence-corrected chi connectivity index (χ4v) is 2.20. The molecular weight excluding hydrogens is 372 g/mol. The quantitative estimate of drug-likeness (QED) is 0.546. The van der Waals surface area contributed by atoms with Crippen LogP contribution in [-0.4, -0.2) is 34.4 Å². The minimum atomic E-state index is -2.90. The maximum Gasteiger partial charge on any atom is 0.387 e. The van der Waals surface area contributed by atoms with Crippen LogP contribution < -0.4 is 10.1 Å². The average Bonchev–Trinajstić information content (AvgIpc) is 3.03. The van der Waals surface area contributed by atoms with Gasteiger partial charge in [-0.2, -0.15) is 13.9 Å². The molecule has 1 amide bonds. The van der Waals surface area contributed by atoms with Crippen molar-refractivity contribution < 1.29 is 27.8 Å². The van der Waals surface area contributed by atoms with Crippen LogP contribution in [0.3, 0.4) is 0 Å². The zero-order chi connectivity index (χ0) is 20.7. The number of esters is 1. The largest absolute Gasteiger partial charge is 0.458 e. The van der Waals surface area contributed by atoms with E-state index in [0.29, 0.717) is 12.1 Å². The number of hydrogen-bond acceptors (Lipinski definition) is 5. The van der Waals surface area contributed by atoms with Gasteiger partial charge in [-0.15, -0.1) is 0 Å². The van der Waals surface area contributed by atoms with E-state index in [1.165, 1.54) is 41.1 Å². The number of nitrogens with one attached hydrogen (secondary N) is 1. The van der Waals surface area contributed by atoms with Gasteiger partial charge in [0.05, 0.1) is 11.8 Å². The molecule has 1 N–H and O–H groups in total. The van der Waals surface area contributed by atoms with Crippen molar-refractivity contribution in [2.24, 2.45) is 0 Å².